The summed E-state index contributed by atoms with van der Waals surface area (Å²) in [5.41, 5.74) is 5.46. The van der Waals surface area contributed by atoms with E-state index in [0.29, 0.717) is 91.5 Å². The van der Waals surface area contributed by atoms with E-state index in [1.54, 1.807) is 51.9 Å². The molecule has 2 atom stereocenters. The number of nitrogens with one attached hydrogen (secondary N) is 1. The van der Waals surface area contributed by atoms with E-state index in [1.165, 1.54) is 15.5 Å². The fourth-order valence-electron chi connectivity index (χ4n) is 9.72. The third-order valence-electron chi connectivity index (χ3n) is 13.1. The molecule has 4 aliphatic rings. The molecule has 0 radical (unpaired) electrons. The zero-order valence-corrected chi connectivity index (χ0v) is 37.9. The van der Waals surface area contributed by atoms with Crippen LogP contribution in [-0.4, -0.2) is 106 Å². The topological polar surface area (TPSA) is 226 Å². The maximum absolute atomic E-state index is 14.0. The zero-order valence-electron chi connectivity index (χ0n) is 37.9. The van der Waals surface area contributed by atoms with Gasteiger partial charge in [-0.15, -0.1) is 0 Å². The number of nitrogens with zero attached hydrogens (tertiary/aromatic N) is 7. The number of aryl methyl sites for hydroxylation is 1. The summed E-state index contributed by atoms with van der Waals surface area (Å²) >= 11 is 0. The van der Waals surface area contributed by atoms with Gasteiger partial charge in [-0.25, -0.2) is 29.0 Å². The molecule has 18 nitrogen and oxygen atoms in total. The number of aliphatic hydroxyl groups is 1. The Hall–Kier alpha value is -7.47. The minimum absolute atomic E-state index is 0.0376. The average Bonchev–Trinajstić information content (AvgIpc) is 4.08. The lowest BCUT2D eigenvalue weighted by atomic mass is 9.97. The molecule has 2 unspecified atom stereocenters. The lowest BCUT2D eigenvalue weighted by Crippen LogP contribution is -2.54. The van der Waals surface area contributed by atoms with Crippen molar-refractivity contribution in [2.45, 2.75) is 85.1 Å². The first-order valence-electron chi connectivity index (χ1n) is 22.7. The Kier molecular flexibility index (Phi) is 11.8. The van der Waals surface area contributed by atoms with Crippen LogP contribution in [0.4, 0.5) is 10.5 Å². The molecule has 0 saturated carbocycles. The van der Waals surface area contributed by atoms with Crippen LogP contribution < -0.4 is 20.9 Å². The Balaban J connectivity index is 0.00000278. The highest BCUT2D eigenvalue weighted by Gasteiger charge is 2.39. The highest BCUT2D eigenvalue weighted by Crippen LogP contribution is 2.40. The van der Waals surface area contributed by atoms with Crippen molar-refractivity contribution in [3.05, 3.63) is 109 Å². The lowest BCUT2D eigenvalue weighted by Gasteiger charge is -2.38. The number of rotatable bonds is 7. The number of aromatic amines is 1. The summed E-state index contributed by atoms with van der Waals surface area (Å²) in [7, 11) is 0. The molecule has 67 heavy (non-hydrogen) atoms. The second-order valence-corrected chi connectivity index (χ2v) is 17.1. The van der Waals surface area contributed by atoms with Gasteiger partial charge in [-0.1, -0.05) is 34.6 Å². The number of phenolic OH excluding ortho intramolecular Hbond substituents is 2. The number of aromatic hydroxyl groups is 2. The Labute approximate surface area is 384 Å². The number of cyclic esters (lactones) is 1. The molecule has 0 aliphatic carbocycles. The van der Waals surface area contributed by atoms with E-state index in [0.717, 1.165) is 22.2 Å². The quantitative estimate of drug-likeness (QED) is 0.145. The molecular weight excluding hydrogens is 861 g/mol. The number of amides is 2. The van der Waals surface area contributed by atoms with Gasteiger partial charge < -0.3 is 39.2 Å². The lowest BCUT2D eigenvalue weighted by molar-refractivity contribution is -0.157. The molecule has 4 aliphatic heterocycles. The third-order valence-corrected chi connectivity index (χ3v) is 13.1. The molecule has 7 heterocycles. The summed E-state index contributed by atoms with van der Waals surface area (Å²) in [6, 6.07) is 16.4. The Morgan fingerprint density at radius 1 is 0.910 bits per heavy atom. The molecule has 4 N–H and O–H groups in total. The predicted molar refractivity (Wildman–Crippen MR) is 248 cm³/mol. The number of likely N-dealkylation sites (tertiary alicyclic amines) is 1. The number of piperazine rings is 1. The van der Waals surface area contributed by atoms with E-state index in [4.69, 9.17) is 14.5 Å². The van der Waals surface area contributed by atoms with E-state index in [9.17, 15) is 39.3 Å². The molecule has 2 saturated heterocycles. The van der Waals surface area contributed by atoms with Crippen LogP contribution in [0.1, 0.15) is 87.3 Å². The van der Waals surface area contributed by atoms with Gasteiger partial charge in [0.1, 0.15) is 29.9 Å². The highest BCUT2D eigenvalue weighted by atomic mass is 16.6. The molecule has 2 fully saturated rings. The number of carbonyl (C=O) groups is 3. The number of anilines is 1. The van der Waals surface area contributed by atoms with E-state index in [1.807, 2.05) is 46.8 Å². The van der Waals surface area contributed by atoms with Gasteiger partial charge in [0.15, 0.2) is 11.9 Å². The van der Waals surface area contributed by atoms with Crippen molar-refractivity contribution in [1.29, 1.82) is 0 Å². The fraction of sp³-hybridized carbons (Fsp3) is 0.367. The first-order valence-corrected chi connectivity index (χ1v) is 22.7. The fourth-order valence-corrected chi connectivity index (χ4v) is 9.72. The number of ether oxygens (including phenoxy) is 2. The van der Waals surface area contributed by atoms with Gasteiger partial charge >= 0.3 is 17.8 Å². The van der Waals surface area contributed by atoms with Crippen molar-refractivity contribution < 1.29 is 39.2 Å². The number of esters is 1. The first-order chi connectivity index (χ1) is 32.3. The predicted octanol–water partition coefficient (Wildman–Crippen LogP) is 5.49. The van der Waals surface area contributed by atoms with Crippen LogP contribution in [0.25, 0.3) is 39.4 Å². The highest BCUT2D eigenvalue weighted by molar-refractivity contribution is 5.91. The molecule has 10 rings (SSSR count). The van der Waals surface area contributed by atoms with Gasteiger partial charge in [-0.3, -0.25) is 14.5 Å². The van der Waals surface area contributed by atoms with Gasteiger partial charge in [-0.2, -0.15) is 5.10 Å². The summed E-state index contributed by atoms with van der Waals surface area (Å²) in [6.45, 7) is 12.2. The summed E-state index contributed by atoms with van der Waals surface area (Å²) in [6.07, 6.45) is -0.411. The summed E-state index contributed by atoms with van der Waals surface area (Å²) in [4.78, 5) is 76.7. The van der Waals surface area contributed by atoms with Gasteiger partial charge in [0, 0.05) is 61.0 Å². The van der Waals surface area contributed by atoms with Crippen molar-refractivity contribution in [3.8, 4) is 45.7 Å². The van der Waals surface area contributed by atoms with Gasteiger partial charge in [-0.05, 0) is 90.9 Å². The third kappa shape index (κ3) is 7.73. The van der Waals surface area contributed by atoms with Gasteiger partial charge in [0.2, 0.25) is 5.91 Å². The van der Waals surface area contributed by atoms with Crippen molar-refractivity contribution in [3.63, 3.8) is 0 Å². The number of benzene rings is 3. The Bertz CT molecular complexity index is 3080. The number of aromatic nitrogens is 5. The second kappa shape index (κ2) is 17.7. The largest absolute Gasteiger partial charge is 0.508 e. The van der Waals surface area contributed by atoms with Crippen LogP contribution in [0.3, 0.4) is 0 Å². The number of phenols is 2. The number of aliphatic hydroxyl groups excluding tert-OH is 1. The molecule has 0 bridgehead atoms. The van der Waals surface area contributed by atoms with Crippen molar-refractivity contribution >= 4 is 34.6 Å². The van der Waals surface area contributed by atoms with Crippen LogP contribution in [-0.2, 0) is 33.9 Å². The molecule has 0 spiro atoms. The minimum Gasteiger partial charge on any atom is -0.508 e. The number of H-pyrrole nitrogens is 1. The molecule has 18 heteroatoms. The molecule has 348 valence electrons. The van der Waals surface area contributed by atoms with Crippen molar-refractivity contribution in [1.82, 2.24) is 34.1 Å². The Morgan fingerprint density at radius 3 is 2.36 bits per heavy atom. The normalized spacial score (nSPS) is 17.5. The van der Waals surface area contributed by atoms with Gasteiger partial charge in [0.05, 0.1) is 40.3 Å². The molecule has 2 amide bonds. The maximum atomic E-state index is 14.0. The van der Waals surface area contributed by atoms with E-state index < -0.39 is 29.9 Å². The van der Waals surface area contributed by atoms with Crippen LogP contribution in [0.2, 0.25) is 0 Å². The molecule has 6 aromatic rings. The van der Waals surface area contributed by atoms with E-state index in [-0.39, 0.29) is 59.0 Å². The minimum atomic E-state index is -1.55. The number of fused-ring (bicyclic) bond motifs is 5. The number of hydrogen-bond donors (Lipinski definition) is 4. The number of hydrogen-bond acceptors (Lipinski definition) is 13. The van der Waals surface area contributed by atoms with Crippen LogP contribution in [0.15, 0.2) is 70.3 Å². The second-order valence-electron chi connectivity index (χ2n) is 17.1. The van der Waals surface area contributed by atoms with E-state index >= 15 is 0 Å². The summed E-state index contributed by atoms with van der Waals surface area (Å²) in [5, 5.41) is 39.0. The smallest absolute Gasteiger partial charge is 0.415 e. The van der Waals surface area contributed by atoms with Crippen molar-refractivity contribution in [2.24, 2.45) is 0 Å². The van der Waals surface area contributed by atoms with Crippen LogP contribution >= 0.6 is 0 Å². The zero-order chi connectivity index (χ0) is 47.4. The van der Waals surface area contributed by atoms with Crippen LogP contribution in [0, 0.1) is 0 Å². The summed E-state index contributed by atoms with van der Waals surface area (Å²) < 4.78 is 13.9. The Morgan fingerprint density at radius 2 is 1.64 bits per heavy atom. The average molecular weight is 913 g/mol. The monoisotopic (exact) mass is 912 g/mol. The SMILES string of the molecule is CC.CCc1c2c(nc3ccc(OC(=O)N4CCCC4C(=O)N4CCN(c5ccc(-n6c(-c7cc(C(C)C)c(O)cc7O)n[nH]c6=O)cc5)CC4)cc13)-c1cc3c(c(=O)n1C2)COC(=O)C3O. The standard InChI is InChI=1S/C47H46N8O10.C2H6/c1-4-28-30-18-27(11-12-35(30)48-40-33(28)22-54-37(40)20-31-34(43(54)59)23-64-45(61)41(31)58)65-47(63)53-13-5-6-36(53)44(60)52-16-14-51(15-17-52)25-7-9-26(10-8-25)55-42(49-50-46(55)62)32-19-29(24(2)3)38(56)21-39(32)57;1-2/h7-12,18-21,24,36,41,56-58H,4-6,13-17,22-23H2,1-3H3,(H,50,62);1-2H3. The number of carbonyl (C=O) groups excluding carboxylic acids is 3. The maximum Gasteiger partial charge on any atom is 0.415 e. The van der Waals surface area contributed by atoms with Gasteiger partial charge in [0.25, 0.3) is 5.56 Å². The summed E-state index contributed by atoms with van der Waals surface area (Å²) in [5.74, 6) is -0.721. The molecule has 3 aromatic carbocycles. The number of pyridine rings is 2. The van der Waals surface area contributed by atoms with Crippen molar-refractivity contribution in [2.75, 3.05) is 37.6 Å². The van der Waals surface area contributed by atoms with Crippen LogP contribution in [0.5, 0.6) is 17.2 Å². The molecular formula is C49H52N8O10. The van der Waals surface area contributed by atoms with E-state index in [2.05, 4.69) is 15.1 Å². The first kappa shape index (κ1) is 44.7. The molecule has 3 aromatic heterocycles.